The summed E-state index contributed by atoms with van der Waals surface area (Å²) in [6.45, 7) is 2.06. The molecule has 5 heteroatoms. The standard InChI is InChI=1S/C15H23N3OS/c1-17(2)11-12-7-6-10-18(12)15(20)16-13-8-4-5-9-14(13)19-3/h4-5,8-9,12H,6-7,10-11H2,1-3H3,(H,16,20). The lowest BCUT2D eigenvalue weighted by molar-refractivity contribution is 0.288. The summed E-state index contributed by atoms with van der Waals surface area (Å²) in [5.74, 6) is 0.818. The van der Waals surface area contributed by atoms with Gasteiger partial charge in [-0.25, -0.2) is 0 Å². The van der Waals surface area contributed by atoms with Crippen molar-refractivity contribution in [1.29, 1.82) is 0 Å². The SMILES string of the molecule is COc1ccccc1NC(=S)N1CCCC1CN(C)C. The Morgan fingerprint density at radius 1 is 1.45 bits per heavy atom. The first-order chi connectivity index (χ1) is 9.61. The van der Waals surface area contributed by atoms with E-state index in [2.05, 4.69) is 29.2 Å². The van der Waals surface area contributed by atoms with Gasteiger partial charge in [0, 0.05) is 19.1 Å². The zero-order valence-corrected chi connectivity index (χ0v) is 13.2. The summed E-state index contributed by atoms with van der Waals surface area (Å²) in [6.07, 6.45) is 2.40. The van der Waals surface area contributed by atoms with Gasteiger partial charge in [0.1, 0.15) is 5.75 Å². The smallest absolute Gasteiger partial charge is 0.173 e. The molecule has 4 nitrogen and oxygen atoms in total. The van der Waals surface area contributed by atoms with Gasteiger partial charge in [-0.1, -0.05) is 12.1 Å². The highest BCUT2D eigenvalue weighted by Gasteiger charge is 2.27. The maximum absolute atomic E-state index is 5.57. The molecule has 0 spiro atoms. The van der Waals surface area contributed by atoms with Gasteiger partial charge < -0.3 is 19.9 Å². The van der Waals surface area contributed by atoms with Crippen LogP contribution in [-0.4, -0.2) is 55.2 Å². The Morgan fingerprint density at radius 3 is 2.90 bits per heavy atom. The van der Waals surface area contributed by atoms with Gasteiger partial charge in [-0.2, -0.15) is 0 Å². The molecule has 1 saturated heterocycles. The van der Waals surface area contributed by atoms with Gasteiger partial charge in [0.2, 0.25) is 0 Å². The van der Waals surface area contributed by atoms with Gasteiger partial charge in [0.25, 0.3) is 0 Å². The van der Waals surface area contributed by atoms with E-state index < -0.39 is 0 Å². The number of likely N-dealkylation sites (tertiary alicyclic amines) is 1. The van der Waals surface area contributed by atoms with E-state index in [9.17, 15) is 0 Å². The molecule has 1 aromatic rings. The van der Waals surface area contributed by atoms with E-state index in [1.807, 2.05) is 24.3 Å². The summed E-state index contributed by atoms with van der Waals surface area (Å²) in [5, 5.41) is 4.11. The Morgan fingerprint density at radius 2 is 2.20 bits per heavy atom. The van der Waals surface area contributed by atoms with Crippen molar-refractivity contribution >= 4 is 23.0 Å². The van der Waals surface area contributed by atoms with Gasteiger partial charge in [-0.3, -0.25) is 0 Å². The molecule has 1 aliphatic heterocycles. The highest BCUT2D eigenvalue weighted by Crippen LogP contribution is 2.25. The van der Waals surface area contributed by atoms with E-state index in [1.54, 1.807) is 7.11 Å². The normalized spacial score (nSPS) is 18.4. The van der Waals surface area contributed by atoms with Gasteiger partial charge in [-0.15, -0.1) is 0 Å². The fourth-order valence-corrected chi connectivity index (χ4v) is 3.00. The van der Waals surface area contributed by atoms with Crippen LogP contribution in [0.15, 0.2) is 24.3 Å². The summed E-state index contributed by atoms with van der Waals surface area (Å²) in [4.78, 5) is 4.51. The Balaban J connectivity index is 2.04. The van der Waals surface area contributed by atoms with Crippen LogP contribution in [0, 0.1) is 0 Å². The van der Waals surface area contributed by atoms with Crippen molar-refractivity contribution in [2.24, 2.45) is 0 Å². The summed E-state index contributed by atoms with van der Waals surface area (Å²) < 4.78 is 5.35. The number of nitrogens with one attached hydrogen (secondary N) is 1. The Labute approximate surface area is 126 Å². The van der Waals surface area contributed by atoms with E-state index in [0.29, 0.717) is 6.04 Å². The average molecular weight is 293 g/mol. The lowest BCUT2D eigenvalue weighted by Gasteiger charge is -2.29. The predicted octanol–water partition coefficient (Wildman–Crippen LogP) is 2.42. The van der Waals surface area contributed by atoms with Crippen LogP contribution in [0.1, 0.15) is 12.8 Å². The molecule has 0 radical (unpaired) electrons. The van der Waals surface area contributed by atoms with Crippen molar-refractivity contribution in [1.82, 2.24) is 9.80 Å². The molecule has 2 rings (SSSR count). The first kappa shape index (κ1) is 15.1. The second kappa shape index (κ2) is 6.90. The molecule has 110 valence electrons. The van der Waals surface area contributed by atoms with Crippen molar-refractivity contribution in [3.8, 4) is 5.75 Å². The summed E-state index contributed by atoms with van der Waals surface area (Å²) in [6, 6.07) is 8.36. The number of anilines is 1. The number of hydrogen-bond acceptors (Lipinski definition) is 3. The molecular weight excluding hydrogens is 270 g/mol. The molecule has 20 heavy (non-hydrogen) atoms. The minimum absolute atomic E-state index is 0.500. The van der Waals surface area contributed by atoms with Crippen LogP contribution in [0.2, 0.25) is 0 Å². The average Bonchev–Trinajstić information content (AvgIpc) is 2.86. The Hall–Kier alpha value is -1.33. The van der Waals surface area contributed by atoms with E-state index in [4.69, 9.17) is 17.0 Å². The molecule has 1 N–H and O–H groups in total. The van der Waals surface area contributed by atoms with Crippen LogP contribution in [0.3, 0.4) is 0 Å². The van der Waals surface area contributed by atoms with Crippen molar-refractivity contribution in [2.75, 3.05) is 39.6 Å². The van der Waals surface area contributed by atoms with Gasteiger partial charge >= 0.3 is 0 Å². The van der Waals surface area contributed by atoms with Gasteiger partial charge in [-0.05, 0) is 51.3 Å². The maximum Gasteiger partial charge on any atom is 0.173 e. The number of rotatable bonds is 4. The molecule has 1 aromatic carbocycles. The van der Waals surface area contributed by atoms with Crippen LogP contribution >= 0.6 is 12.2 Å². The monoisotopic (exact) mass is 293 g/mol. The molecule has 1 unspecified atom stereocenters. The molecular formula is C15H23N3OS. The molecule has 0 bridgehead atoms. The third kappa shape index (κ3) is 3.61. The Kier molecular flexibility index (Phi) is 5.20. The number of hydrogen-bond donors (Lipinski definition) is 1. The predicted molar refractivity (Wildman–Crippen MR) is 87.5 cm³/mol. The molecule has 1 atom stereocenters. The van der Waals surface area contributed by atoms with Crippen molar-refractivity contribution in [2.45, 2.75) is 18.9 Å². The number of likely N-dealkylation sites (N-methyl/N-ethyl adjacent to an activating group) is 1. The summed E-state index contributed by atoms with van der Waals surface area (Å²) in [5.41, 5.74) is 0.926. The van der Waals surface area contributed by atoms with E-state index in [-0.39, 0.29) is 0 Å². The molecule has 0 aliphatic carbocycles. The third-order valence-corrected chi connectivity index (χ3v) is 3.90. The Bertz CT molecular complexity index is 464. The van der Waals surface area contributed by atoms with Crippen molar-refractivity contribution in [3.63, 3.8) is 0 Å². The molecule has 1 heterocycles. The molecule has 1 aliphatic rings. The van der Waals surface area contributed by atoms with E-state index in [0.717, 1.165) is 29.6 Å². The number of ether oxygens (including phenoxy) is 1. The third-order valence-electron chi connectivity index (χ3n) is 3.56. The van der Waals surface area contributed by atoms with Crippen LogP contribution in [0.25, 0.3) is 0 Å². The zero-order chi connectivity index (χ0) is 14.5. The molecule has 0 aromatic heterocycles. The second-order valence-electron chi connectivity index (χ2n) is 5.38. The zero-order valence-electron chi connectivity index (χ0n) is 12.4. The fraction of sp³-hybridized carbons (Fsp3) is 0.533. The van der Waals surface area contributed by atoms with E-state index in [1.165, 1.54) is 12.8 Å². The number of thiocarbonyl (C=S) groups is 1. The van der Waals surface area contributed by atoms with Crippen LogP contribution < -0.4 is 10.1 Å². The van der Waals surface area contributed by atoms with E-state index >= 15 is 0 Å². The molecule has 1 fully saturated rings. The number of benzene rings is 1. The fourth-order valence-electron chi connectivity index (χ4n) is 2.65. The van der Waals surface area contributed by atoms with Gasteiger partial charge in [0.05, 0.1) is 12.8 Å². The van der Waals surface area contributed by atoms with Crippen molar-refractivity contribution in [3.05, 3.63) is 24.3 Å². The maximum atomic E-state index is 5.57. The summed E-state index contributed by atoms with van der Waals surface area (Å²) >= 11 is 5.57. The largest absolute Gasteiger partial charge is 0.495 e. The minimum atomic E-state index is 0.500. The lowest BCUT2D eigenvalue weighted by Crippen LogP contribution is -2.43. The highest BCUT2D eigenvalue weighted by atomic mass is 32.1. The molecule has 0 amide bonds. The first-order valence-electron chi connectivity index (χ1n) is 6.97. The number of methoxy groups -OCH3 is 1. The number of para-hydroxylation sites is 2. The minimum Gasteiger partial charge on any atom is -0.495 e. The van der Waals surface area contributed by atoms with Crippen LogP contribution in [0.5, 0.6) is 5.75 Å². The topological polar surface area (TPSA) is 27.7 Å². The first-order valence-corrected chi connectivity index (χ1v) is 7.38. The van der Waals surface area contributed by atoms with Crippen LogP contribution in [-0.2, 0) is 0 Å². The molecule has 0 saturated carbocycles. The van der Waals surface area contributed by atoms with Gasteiger partial charge in [0.15, 0.2) is 5.11 Å². The van der Waals surface area contributed by atoms with Crippen LogP contribution in [0.4, 0.5) is 5.69 Å². The lowest BCUT2D eigenvalue weighted by atomic mass is 10.2. The summed E-state index contributed by atoms with van der Waals surface area (Å²) in [7, 11) is 5.88. The second-order valence-corrected chi connectivity index (χ2v) is 5.77. The number of nitrogens with zero attached hydrogens (tertiary/aromatic N) is 2. The highest BCUT2D eigenvalue weighted by molar-refractivity contribution is 7.80. The van der Waals surface area contributed by atoms with Crippen molar-refractivity contribution < 1.29 is 4.74 Å². The quantitative estimate of drug-likeness (QED) is 0.861.